The third kappa shape index (κ3) is 3.25. The summed E-state index contributed by atoms with van der Waals surface area (Å²) in [6.07, 6.45) is 0. The van der Waals surface area contributed by atoms with Crippen LogP contribution in [0.4, 0.5) is 0 Å². The number of hydrogen-bond acceptors (Lipinski definition) is 1. The SMILES string of the molecule is Cc1c(C)c(C)c(C)c(C)c1C.[C]=O.[Os]. The summed E-state index contributed by atoms with van der Waals surface area (Å²) in [5, 5.41) is 0. The van der Waals surface area contributed by atoms with E-state index in [1.54, 1.807) is 0 Å². The molecule has 0 aliphatic carbocycles. The standard InChI is InChI=1S/C12H18.CO.Os/c1-7-8(2)10(4)12(6)11(5)9(7)3;1-2;/h1-6H3;;. The van der Waals surface area contributed by atoms with Gasteiger partial charge in [-0.15, -0.1) is 0 Å². The van der Waals surface area contributed by atoms with Crippen LogP contribution >= 0.6 is 0 Å². The van der Waals surface area contributed by atoms with E-state index in [9.17, 15) is 0 Å². The number of hydrogen-bond donors (Lipinski definition) is 0. The van der Waals surface area contributed by atoms with Gasteiger partial charge in [0.15, 0.2) is 0 Å². The van der Waals surface area contributed by atoms with Crippen LogP contribution in [-0.2, 0) is 24.6 Å². The molecular formula is C13H18OOs. The molecule has 1 aromatic rings. The topological polar surface area (TPSA) is 17.1 Å². The molecule has 0 saturated carbocycles. The molecule has 15 heavy (non-hydrogen) atoms. The van der Waals surface area contributed by atoms with Crippen molar-refractivity contribution in [3.63, 3.8) is 0 Å². The molecule has 1 aromatic carbocycles. The maximum atomic E-state index is 7.50. The van der Waals surface area contributed by atoms with Crippen molar-refractivity contribution in [2.24, 2.45) is 0 Å². The van der Waals surface area contributed by atoms with Gasteiger partial charge in [-0.05, 0) is 74.9 Å². The summed E-state index contributed by atoms with van der Waals surface area (Å²) in [5.41, 5.74) is 8.73. The Bertz CT molecular complexity index is 238. The van der Waals surface area contributed by atoms with Crippen molar-refractivity contribution >= 4 is 6.79 Å². The van der Waals surface area contributed by atoms with Gasteiger partial charge in [0.05, 0.1) is 0 Å². The molecule has 0 aromatic heterocycles. The van der Waals surface area contributed by atoms with Crippen LogP contribution in [0.25, 0.3) is 0 Å². The first-order valence-electron chi connectivity index (χ1n) is 4.70. The van der Waals surface area contributed by atoms with Gasteiger partial charge in [0, 0.05) is 19.8 Å². The molecule has 0 N–H and O–H groups in total. The van der Waals surface area contributed by atoms with Crippen LogP contribution in [0.15, 0.2) is 0 Å². The minimum Gasteiger partial charge on any atom is -0.281 e. The number of benzene rings is 1. The van der Waals surface area contributed by atoms with Crippen molar-refractivity contribution < 1.29 is 24.6 Å². The van der Waals surface area contributed by atoms with Crippen molar-refractivity contribution in [2.75, 3.05) is 0 Å². The monoisotopic (exact) mass is 382 g/mol. The molecule has 0 amide bonds. The molecule has 0 unspecified atom stereocenters. The van der Waals surface area contributed by atoms with Crippen molar-refractivity contribution in [2.45, 2.75) is 41.5 Å². The number of carbonyl (C=O) groups excluding carboxylic acids is 1. The van der Waals surface area contributed by atoms with Gasteiger partial charge in [-0.3, -0.25) is 4.79 Å². The van der Waals surface area contributed by atoms with Crippen molar-refractivity contribution in [1.82, 2.24) is 0 Å². The Morgan fingerprint density at radius 1 is 0.533 bits per heavy atom. The Hall–Kier alpha value is -0.474. The van der Waals surface area contributed by atoms with Gasteiger partial charge >= 0.3 is 0 Å². The van der Waals surface area contributed by atoms with Crippen LogP contribution in [0, 0.1) is 41.5 Å². The van der Waals surface area contributed by atoms with Gasteiger partial charge in [-0.2, -0.15) is 0 Å². The largest absolute Gasteiger partial charge is 0.281 e. The van der Waals surface area contributed by atoms with Crippen molar-refractivity contribution in [3.8, 4) is 0 Å². The van der Waals surface area contributed by atoms with E-state index in [-0.39, 0.29) is 19.8 Å². The molecule has 0 heterocycles. The van der Waals surface area contributed by atoms with Gasteiger partial charge in [-0.1, -0.05) is 0 Å². The zero-order valence-electron chi connectivity index (χ0n) is 10.3. The van der Waals surface area contributed by atoms with E-state index in [0.29, 0.717) is 0 Å². The van der Waals surface area contributed by atoms with Crippen molar-refractivity contribution in [3.05, 3.63) is 33.4 Å². The van der Waals surface area contributed by atoms with Crippen LogP contribution < -0.4 is 0 Å². The Morgan fingerprint density at radius 2 is 0.600 bits per heavy atom. The molecule has 0 atom stereocenters. The van der Waals surface area contributed by atoms with Gasteiger partial charge in [0.2, 0.25) is 0 Å². The first kappa shape index (κ1) is 16.9. The molecule has 0 bridgehead atoms. The van der Waals surface area contributed by atoms with Crippen LogP contribution in [-0.4, -0.2) is 6.79 Å². The summed E-state index contributed by atoms with van der Waals surface area (Å²) in [6.45, 7) is 17.8. The molecule has 0 spiro atoms. The summed E-state index contributed by atoms with van der Waals surface area (Å²) in [7, 11) is 0. The predicted octanol–water partition coefficient (Wildman–Crippen LogP) is 3.14. The quantitative estimate of drug-likeness (QED) is 0.676. The molecule has 2 radical (unpaired) electrons. The second-order valence-corrected chi connectivity index (χ2v) is 3.75. The van der Waals surface area contributed by atoms with E-state index in [2.05, 4.69) is 48.3 Å². The van der Waals surface area contributed by atoms with E-state index in [4.69, 9.17) is 4.79 Å². The second-order valence-electron chi connectivity index (χ2n) is 3.75. The summed E-state index contributed by atoms with van der Waals surface area (Å²) >= 11 is 0. The fraction of sp³-hybridized carbons (Fsp3) is 0.462. The van der Waals surface area contributed by atoms with E-state index in [1.807, 2.05) is 0 Å². The van der Waals surface area contributed by atoms with Gasteiger partial charge in [0.25, 0.3) is 6.79 Å². The van der Waals surface area contributed by atoms with Gasteiger partial charge < -0.3 is 0 Å². The molecular weight excluding hydrogens is 362 g/mol. The van der Waals surface area contributed by atoms with E-state index < -0.39 is 0 Å². The maximum Gasteiger partial charge on any atom is 0.281 e. The van der Waals surface area contributed by atoms with Crippen LogP contribution in [0.2, 0.25) is 0 Å². The molecule has 0 fully saturated rings. The third-order valence-electron chi connectivity index (χ3n) is 3.38. The minimum atomic E-state index is 0. The zero-order chi connectivity index (χ0) is 11.5. The van der Waals surface area contributed by atoms with E-state index >= 15 is 0 Å². The van der Waals surface area contributed by atoms with Gasteiger partial charge in [0.1, 0.15) is 0 Å². The zero-order valence-corrected chi connectivity index (χ0v) is 12.8. The fourth-order valence-corrected chi connectivity index (χ4v) is 1.69. The molecule has 0 aliphatic heterocycles. The maximum absolute atomic E-state index is 7.50. The van der Waals surface area contributed by atoms with Crippen LogP contribution in [0.5, 0.6) is 0 Å². The predicted molar refractivity (Wildman–Crippen MR) is 60.6 cm³/mol. The molecule has 1 nitrogen and oxygen atoms in total. The fourth-order valence-electron chi connectivity index (χ4n) is 1.69. The summed E-state index contributed by atoms with van der Waals surface area (Å²) in [5.74, 6) is 0. The normalized spacial score (nSPS) is 8.67. The Kier molecular flexibility index (Phi) is 7.80. The smallest absolute Gasteiger partial charge is 0.281 e. The summed E-state index contributed by atoms with van der Waals surface area (Å²) in [6, 6.07) is 0. The molecule has 84 valence electrons. The Balaban J connectivity index is 0. The van der Waals surface area contributed by atoms with Gasteiger partial charge in [-0.25, -0.2) is 0 Å². The first-order chi connectivity index (χ1) is 6.46. The van der Waals surface area contributed by atoms with Crippen LogP contribution in [0.3, 0.4) is 0 Å². The van der Waals surface area contributed by atoms with E-state index in [1.165, 1.54) is 33.4 Å². The molecule has 2 heteroatoms. The molecule has 1 rings (SSSR count). The second kappa shape index (κ2) is 6.91. The number of rotatable bonds is 0. The third-order valence-corrected chi connectivity index (χ3v) is 3.38. The first-order valence-corrected chi connectivity index (χ1v) is 4.70. The summed E-state index contributed by atoms with van der Waals surface area (Å²) in [4.78, 5) is 7.50. The van der Waals surface area contributed by atoms with E-state index in [0.717, 1.165) is 0 Å². The van der Waals surface area contributed by atoms with Crippen molar-refractivity contribution in [1.29, 1.82) is 0 Å². The minimum absolute atomic E-state index is 0. The average Bonchev–Trinajstić information content (AvgIpc) is 2.24. The average molecular weight is 381 g/mol. The Labute approximate surface area is 106 Å². The summed E-state index contributed by atoms with van der Waals surface area (Å²) < 4.78 is 0. The molecule has 0 saturated heterocycles. The molecule has 0 aliphatic rings. The van der Waals surface area contributed by atoms with Crippen LogP contribution in [0.1, 0.15) is 33.4 Å². The Morgan fingerprint density at radius 3 is 0.667 bits per heavy atom.